The Kier molecular flexibility index (Phi) is 4.29. The number of nitrogens with zero attached hydrogens (tertiary/aromatic N) is 1. The number of hydrogen-bond donors (Lipinski definition) is 1. The zero-order chi connectivity index (χ0) is 16.0. The van der Waals surface area contributed by atoms with E-state index in [4.69, 9.17) is 0 Å². The van der Waals surface area contributed by atoms with E-state index in [-0.39, 0.29) is 22.8 Å². The standard InChI is InChI=1S/C17H20BrNO2S/c1-9-6-7-12(16(21)14(9)18)15(20)13-5-4-8-19-10(2)11(3)22-17(13)19/h6-7,13,17,21H,4-5,8H2,1-3H3. The van der Waals surface area contributed by atoms with Gasteiger partial charge in [0.2, 0.25) is 0 Å². The van der Waals surface area contributed by atoms with E-state index in [1.54, 1.807) is 17.8 Å². The maximum atomic E-state index is 13.0. The fraction of sp³-hybridized carbons (Fsp3) is 0.471. The van der Waals surface area contributed by atoms with E-state index in [1.807, 2.05) is 13.0 Å². The van der Waals surface area contributed by atoms with Crippen LogP contribution in [0.15, 0.2) is 27.2 Å². The normalized spacial score (nSPS) is 24.6. The molecule has 3 nitrogen and oxygen atoms in total. The van der Waals surface area contributed by atoms with Gasteiger partial charge in [0.15, 0.2) is 5.78 Å². The first-order valence-corrected chi connectivity index (χ1v) is 9.22. The molecule has 1 aromatic carbocycles. The number of fused-ring (bicyclic) bond motifs is 1. The van der Waals surface area contributed by atoms with Crippen molar-refractivity contribution in [3.05, 3.63) is 38.3 Å². The molecule has 2 heterocycles. The van der Waals surface area contributed by atoms with E-state index in [2.05, 4.69) is 34.7 Å². The van der Waals surface area contributed by atoms with E-state index in [1.165, 1.54) is 10.6 Å². The molecule has 3 rings (SSSR count). The van der Waals surface area contributed by atoms with Gasteiger partial charge in [-0.15, -0.1) is 11.8 Å². The van der Waals surface area contributed by atoms with Crippen LogP contribution in [0, 0.1) is 12.8 Å². The number of ketones is 1. The molecule has 2 aliphatic rings. The monoisotopic (exact) mass is 381 g/mol. The quantitative estimate of drug-likeness (QED) is 0.754. The van der Waals surface area contributed by atoms with Crippen molar-refractivity contribution >= 4 is 33.5 Å². The van der Waals surface area contributed by atoms with Crippen LogP contribution in [0.4, 0.5) is 0 Å². The number of halogens is 1. The van der Waals surface area contributed by atoms with Gasteiger partial charge in [0.05, 0.1) is 21.3 Å². The van der Waals surface area contributed by atoms with Crippen molar-refractivity contribution in [2.45, 2.75) is 39.0 Å². The van der Waals surface area contributed by atoms with E-state index in [9.17, 15) is 9.90 Å². The van der Waals surface area contributed by atoms with Crippen LogP contribution in [0.25, 0.3) is 0 Å². The smallest absolute Gasteiger partial charge is 0.172 e. The highest BCUT2D eigenvalue weighted by molar-refractivity contribution is 9.10. The number of hydrogen-bond acceptors (Lipinski definition) is 4. The predicted octanol–water partition coefficient (Wildman–Crippen LogP) is 4.68. The van der Waals surface area contributed by atoms with Crippen LogP contribution < -0.4 is 0 Å². The molecule has 5 heteroatoms. The molecule has 22 heavy (non-hydrogen) atoms. The SMILES string of the molecule is CC1=C(C)N2CCCC(C(=O)c3ccc(C)c(Br)c3O)C2S1. The number of carbonyl (C=O) groups excluding carboxylic acids is 1. The zero-order valence-corrected chi connectivity index (χ0v) is 15.4. The van der Waals surface area contributed by atoms with E-state index in [0.717, 1.165) is 24.9 Å². The Bertz CT molecular complexity index is 671. The molecule has 0 spiro atoms. The van der Waals surface area contributed by atoms with Crippen LogP contribution in [0.3, 0.4) is 0 Å². The van der Waals surface area contributed by atoms with Gasteiger partial charge >= 0.3 is 0 Å². The van der Waals surface area contributed by atoms with Gasteiger partial charge in [-0.05, 0) is 61.2 Å². The highest BCUT2D eigenvalue weighted by Crippen LogP contribution is 2.46. The van der Waals surface area contributed by atoms with Crippen molar-refractivity contribution < 1.29 is 9.90 Å². The minimum Gasteiger partial charge on any atom is -0.506 e. The number of rotatable bonds is 2. The van der Waals surface area contributed by atoms with Crippen LogP contribution in [0.5, 0.6) is 5.75 Å². The molecule has 2 atom stereocenters. The number of allylic oxidation sites excluding steroid dienone is 2. The van der Waals surface area contributed by atoms with E-state index < -0.39 is 0 Å². The average Bonchev–Trinajstić information content (AvgIpc) is 2.80. The van der Waals surface area contributed by atoms with Crippen molar-refractivity contribution in [3.8, 4) is 5.75 Å². The maximum absolute atomic E-state index is 13.0. The number of piperidine rings is 1. The molecular weight excluding hydrogens is 362 g/mol. The first-order chi connectivity index (χ1) is 10.4. The average molecular weight is 382 g/mol. The summed E-state index contributed by atoms with van der Waals surface area (Å²) < 4.78 is 0.621. The Morgan fingerprint density at radius 3 is 2.82 bits per heavy atom. The number of aryl methyl sites for hydroxylation is 1. The molecule has 0 aromatic heterocycles. The van der Waals surface area contributed by atoms with Gasteiger partial charge in [-0.25, -0.2) is 0 Å². The second-order valence-corrected chi connectivity index (χ2v) is 8.17. The molecule has 0 amide bonds. The summed E-state index contributed by atoms with van der Waals surface area (Å²) in [5, 5.41) is 10.5. The first-order valence-electron chi connectivity index (χ1n) is 7.55. The highest BCUT2D eigenvalue weighted by atomic mass is 79.9. The molecule has 0 aliphatic carbocycles. The summed E-state index contributed by atoms with van der Waals surface area (Å²) in [7, 11) is 0. The van der Waals surface area contributed by atoms with E-state index >= 15 is 0 Å². The number of aromatic hydroxyl groups is 1. The third-order valence-electron chi connectivity index (χ3n) is 4.71. The molecular formula is C17H20BrNO2S. The van der Waals surface area contributed by atoms with Crippen molar-refractivity contribution in [2.75, 3.05) is 6.54 Å². The molecule has 1 saturated heterocycles. The lowest BCUT2D eigenvalue weighted by Gasteiger charge is -2.37. The minimum atomic E-state index is -0.0633. The van der Waals surface area contributed by atoms with Crippen LogP contribution >= 0.6 is 27.7 Å². The molecule has 0 bridgehead atoms. The Hall–Kier alpha value is -0.940. The number of benzene rings is 1. The zero-order valence-electron chi connectivity index (χ0n) is 13.0. The molecule has 1 aromatic rings. The fourth-order valence-electron chi connectivity index (χ4n) is 3.27. The van der Waals surface area contributed by atoms with Crippen molar-refractivity contribution in [1.82, 2.24) is 4.90 Å². The highest BCUT2D eigenvalue weighted by Gasteiger charge is 2.41. The second-order valence-electron chi connectivity index (χ2n) is 6.05. The summed E-state index contributed by atoms with van der Waals surface area (Å²) in [4.78, 5) is 16.7. The number of phenols is 1. The minimum absolute atomic E-state index is 0.0582. The predicted molar refractivity (Wildman–Crippen MR) is 94.1 cm³/mol. The molecule has 0 saturated carbocycles. The van der Waals surface area contributed by atoms with Gasteiger partial charge in [0, 0.05) is 17.1 Å². The van der Waals surface area contributed by atoms with Crippen molar-refractivity contribution in [1.29, 1.82) is 0 Å². The number of thioether (sulfide) groups is 1. The maximum Gasteiger partial charge on any atom is 0.172 e. The largest absolute Gasteiger partial charge is 0.506 e. The lowest BCUT2D eigenvalue weighted by molar-refractivity contribution is 0.0825. The third-order valence-corrected chi connectivity index (χ3v) is 7.19. The molecule has 2 unspecified atom stereocenters. The fourth-order valence-corrected chi connectivity index (χ4v) is 5.08. The molecule has 1 N–H and O–H groups in total. The van der Waals surface area contributed by atoms with Gasteiger partial charge < -0.3 is 10.0 Å². The number of Topliss-reactive ketones (excluding diaryl/α,β-unsaturated/α-hetero) is 1. The van der Waals surface area contributed by atoms with Crippen LogP contribution in [0.1, 0.15) is 42.6 Å². The van der Waals surface area contributed by atoms with Gasteiger partial charge in [0.25, 0.3) is 0 Å². The summed E-state index contributed by atoms with van der Waals surface area (Å²) in [6.07, 6.45) is 1.91. The Labute approximate surface area is 143 Å². The van der Waals surface area contributed by atoms with Gasteiger partial charge in [-0.3, -0.25) is 4.79 Å². The topological polar surface area (TPSA) is 40.5 Å². The van der Waals surface area contributed by atoms with E-state index in [0.29, 0.717) is 10.0 Å². The molecule has 2 aliphatic heterocycles. The Morgan fingerprint density at radius 1 is 1.36 bits per heavy atom. The Balaban J connectivity index is 1.92. The van der Waals surface area contributed by atoms with Crippen LogP contribution in [-0.4, -0.2) is 27.7 Å². The summed E-state index contributed by atoms with van der Waals surface area (Å²) in [5.41, 5.74) is 2.66. The van der Waals surface area contributed by atoms with Crippen molar-refractivity contribution in [2.24, 2.45) is 5.92 Å². The van der Waals surface area contributed by atoms with Crippen LogP contribution in [-0.2, 0) is 0 Å². The summed E-state index contributed by atoms with van der Waals surface area (Å²) >= 11 is 5.16. The Morgan fingerprint density at radius 2 is 2.09 bits per heavy atom. The van der Waals surface area contributed by atoms with Crippen LogP contribution in [0.2, 0.25) is 0 Å². The third kappa shape index (κ3) is 2.48. The van der Waals surface area contributed by atoms with Crippen molar-refractivity contribution in [3.63, 3.8) is 0 Å². The lowest BCUT2D eigenvalue weighted by Crippen LogP contribution is -2.42. The summed E-state index contributed by atoms with van der Waals surface area (Å²) in [6.45, 7) is 7.19. The number of carbonyl (C=O) groups is 1. The van der Waals surface area contributed by atoms with Gasteiger partial charge in [-0.2, -0.15) is 0 Å². The first kappa shape index (κ1) is 15.9. The molecule has 0 radical (unpaired) electrons. The number of phenolic OH excluding ortho intramolecular Hbond substituents is 1. The molecule has 1 fully saturated rings. The lowest BCUT2D eigenvalue weighted by atomic mass is 9.88. The van der Waals surface area contributed by atoms with Gasteiger partial charge in [-0.1, -0.05) is 6.07 Å². The molecule has 118 valence electrons. The second kappa shape index (κ2) is 5.93. The van der Waals surface area contributed by atoms with Gasteiger partial charge in [0.1, 0.15) is 5.75 Å². The summed E-state index contributed by atoms with van der Waals surface area (Å²) in [5.74, 6) is 0.0704. The summed E-state index contributed by atoms with van der Waals surface area (Å²) in [6, 6.07) is 3.64.